The molecular weight excluding hydrogens is 458 g/mol. The minimum Gasteiger partial charge on any atom is -0.496 e. The van der Waals surface area contributed by atoms with E-state index < -0.39 is 0 Å². The summed E-state index contributed by atoms with van der Waals surface area (Å²) in [5.74, 6) is 0.505. The van der Waals surface area contributed by atoms with E-state index in [1.54, 1.807) is 18.4 Å². The summed E-state index contributed by atoms with van der Waals surface area (Å²) in [6.45, 7) is 7.08. The number of nitrogens with zero attached hydrogens (tertiary/aromatic N) is 3. The second-order valence-electron chi connectivity index (χ2n) is 8.82. The van der Waals surface area contributed by atoms with Crippen LogP contribution in [0.15, 0.2) is 54.6 Å². The lowest BCUT2D eigenvalue weighted by molar-refractivity contribution is 0.0376. The van der Waals surface area contributed by atoms with Crippen molar-refractivity contribution in [3.8, 4) is 5.75 Å². The van der Waals surface area contributed by atoms with E-state index in [1.165, 1.54) is 5.56 Å². The lowest BCUT2D eigenvalue weighted by atomic mass is 10.0. The normalized spacial score (nSPS) is 14.5. The van der Waals surface area contributed by atoms with Gasteiger partial charge in [-0.25, -0.2) is 4.98 Å². The fourth-order valence-electron chi connectivity index (χ4n) is 4.55. The van der Waals surface area contributed by atoms with Gasteiger partial charge in [0.15, 0.2) is 5.13 Å². The molecule has 2 heterocycles. The Balaban J connectivity index is 1.48. The third-order valence-corrected chi connectivity index (χ3v) is 7.63. The van der Waals surface area contributed by atoms with Gasteiger partial charge >= 0.3 is 0 Å². The first kappa shape index (κ1) is 23.7. The molecule has 6 nitrogen and oxygen atoms in total. The molecule has 0 unspecified atom stereocenters. The quantitative estimate of drug-likeness (QED) is 0.332. The van der Waals surface area contributed by atoms with Crippen LogP contribution in [-0.4, -0.2) is 62.3 Å². The molecule has 1 aromatic heterocycles. The number of benzene rings is 3. The molecule has 1 aliphatic heterocycles. The number of methoxy groups -OCH3 is 1. The number of hydrogen-bond donors (Lipinski definition) is 0. The van der Waals surface area contributed by atoms with Crippen LogP contribution in [0, 0.1) is 0 Å². The highest BCUT2D eigenvalue weighted by molar-refractivity contribution is 7.22. The van der Waals surface area contributed by atoms with Crippen LogP contribution in [0.5, 0.6) is 5.75 Å². The zero-order chi connectivity index (χ0) is 24.2. The molecule has 7 heteroatoms. The lowest BCUT2D eigenvalue weighted by Gasteiger charge is -2.28. The zero-order valence-corrected chi connectivity index (χ0v) is 21.1. The van der Waals surface area contributed by atoms with Crippen LogP contribution in [0.3, 0.4) is 0 Å². The molecule has 5 rings (SSSR count). The smallest absolute Gasteiger partial charge is 0.263 e. The van der Waals surface area contributed by atoms with Crippen molar-refractivity contribution in [2.45, 2.75) is 19.8 Å². The number of morpholine rings is 1. The summed E-state index contributed by atoms with van der Waals surface area (Å²) in [5, 5.41) is 2.80. The molecule has 0 radical (unpaired) electrons. The summed E-state index contributed by atoms with van der Waals surface area (Å²) in [4.78, 5) is 23.1. The fraction of sp³-hybridized carbons (Fsp3) is 0.357. The standard InChI is InChI=1S/C28H31N3O3S/c1-3-20-9-10-24-26(17-20)35-28(29-24)31(12-6-11-30-13-15-34-16-14-30)27(32)23-18-21-7-4-5-8-22(21)19-25(23)33-2/h4-5,7-10,17-19H,3,6,11-16H2,1-2H3. The van der Waals surface area contributed by atoms with Crippen molar-refractivity contribution >= 4 is 43.4 Å². The van der Waals surface area contributed by atoms with E-state index in [2.05, 4.69) is 30.0 Å². The summed E-state index contributed by atoms with van der Waals surface area (Å²) in [7, 11) is 1.62. The number of hydrogen-bond acceptors (Lipinski definition) is 6. The number of ether oxygens (including phenoxy) is 2. The van der Waals surface area contributed by atoms with Crippen LogP contribution < -0.4 is 9.64 Å². The number of amides is 1. The number of rotatable bonds is 8. The van der Waals surface area contributed by atoms with E-state index in [0.29, 0.717) is 17.9 Å². The molecule has 0 spiro atoms. The first-order valence-corrected chi connectivity index (χ1v) is 13.1. The van der Waals surface area contributed by atoms with E-state index >= 15 is 0 Å². The number of aromatic nitrogens is 1. The maximum Gasteiger partial charge on any atom is 0.263 e. The van der Waals surface area contributed by atoms with Gasteiger partial charge in [-0.05, 0) is 53.4 Å². The minimum atomic E-state index is -0.0793. The summed E-state index contributed by atoms with van der Waals surface area (Å²) in [6, 6.07) is 18.3. The molecule has 4 aromatic rings. The third-order valence-electron chi connectivity index (χ3n) is 6.58. The van der Waals surface area contributed by atoms with Gasteiger partial charge in [-0.3, -0.25) is 14.6 Å². The Kier molecular flexibility index (Phi) is 7.27. The monoisotopic (exact) mass is 489 g/mol. The number of carbonyl (C=O) groups excluding carboxylic acids is 1. The van der Waals surface area contributed by atoms with E-state index in [0.717, 1.165) is 71.8 Å². The molecule has 0 N–H and O–H groups in total. The predicted molar refractivity (Wildman–Crippen MR) is 143 cm³/mol. The molecule has 35 heavy (non-hydrogen) atoms. The van der Waals surface area contributed by atoms with Gasteiger partial charge in [-0.1, -0.05) is 48.6 Å². The Bertz CT molecular complexity index is 1330. The molecule has 0 bridgehead atoms. The summed E-state index contributed by atoms with van der Waals surface area (Å²) in [5.41, 5.74) is 2.76. The molecule has 1 fully saturated rings. The van der Waals surface area contributed by atoms with Crippen LogP contribution in [0.4, 0.5) is 5.13 Å². The highest BCUT2D eigenvalue weighted by atomic mass is 32.1. The Morgan fingerprint density at radius 2 is 1.89 bits per heavy atom. The van der Waals surface area contributed by atoms with Gasteiger partial charge in [0, 0.05) is 26.2 Å². The fourth-order valence-corrected chi connectivity index (χ4v) is 5.61. The summed E-state index contributed by atoms with van der Waals surface area (Å²) in [6.07, 6.45) is 1.83. The Hall–Kier alpha value is -3.00. The van der Waals surface area contributed by atoms with Gasteiger partial charge in [0.05, 0.1) is 36.1 Å². The Morgan fingerprint density at radius 1 is 1.11 bits per heavy atom. The number of thiazole rings is 1. The second-order valence-corrected chi connectivity index (χ2v) is 9.83. The van der Waals surface area contributed by atoms with E-state index in [4.69, 9.17) is 14.5 Å². The zero-order valence-electron chi connectivity index (χ0n) is 20.3. The molecule has 1 amide bonds. The number of anilines is 1. The van der Waals surface area contributed by atoms with Gasteiger partial charge in [0.1, 0.15) is 5.75 Å². The van der Waals surface area contributed by atoms with Gasteiger partial charge in [0.2, 0.25) is 0 Å². The van der Waals surface area contributed by atoms with Crippen LogP contribution in [0.25, 0.3) is 21.0 Å². The van der Waals surface area contributed by atoms with Crippen LogP contribution in [0.1, 0.15) is 29.3 Å². The van der Waals surface area contributed by atoms with Crippen LogP contribution in [0.2, 0.25) is 0 Å². The molecule has 182 valence electrons. The van der Waals surface area contributed by atoms with E-state index in [1.807, 2.05) is 41.3 Å². The minimum absolute atomic E-state index is 0.0793. The first-order chi connectivity index (χ1) is 17.2. The van der Waals surface area contributed by atoms with Crippen molar-refractivity contribution in [2.75, 3.05) is 51.4 Å². The summed E-state index contributed by atoms with van der Waals surface area (Å²) >= 11 is 1.58. The van der Waals surface area contributed by atoms with Crippen molar-refractivity contribution in [1.82, 2.24) is 9.88 Å². The highest BCUT2D eigenvalue weighted by Crippen LogP contribution is 2.33. The Labute approximate surface area is 210 Å². The molecule has 0 aliphatic carbocycles. The van der Waals surface area contributed by atoms with Gasteiger partial charge in [0.25, 0.3) is 5.91 Å². The van der Waals surface area contributed by atoms with Crippen molar-refractivity contribution in [3.05, 3.63) is 65.7 Å². The Morgan fingerprint density at radius 3 is 2.63 bits per heavy atom. The number of fused-ring (bicyclic) bond motifs is 2. The predicted octanol–water partition coefficient (Wildman–Crippen LogP) is 5.39. The van der Waals surface area contributed by atoms with Gasteiger partial charge in [-0.2, -0.15) is 0 Å². The number of carbonyl (C=O) groups is 1. The average molecular weight is 490 g/mol. The molecule has 0 atom stereocenters. The SMILES string of the molecule is CCc1ccc2nc(N(CCCN3CCOCC3)C(=O)c3cc4ccccc4cc3OC)sc2c1. The molecular formula is C28H31N3O3S. The molecule has 1 aliphatic rings. The number of aryl methyl sites for hydroxylation is 1. The van der Waals surface area contributed by atoms with Crippen LogP contribution >= 0.6 is 11.3 Å². The van der Waals surface area contributed by atoms with Crippen molar-refractivity contribution in [2.24, 2.45) is 0 Å². The topological polar surface area (TPSA) is 54.9 Å². The first-order valence-electron chi connectivity index (χ1n) is 12.2. The molecule has 3 aromatic carbocycles. The maximum absolute atomic E-state index is 14.0. The van der Waals surface area contributed by atoms with Gasteiger partial charge < -0.3 is 9.47 Å². The van der Waals surface area contributed by atoms with Crippen molar-refractivity contribution < 1.29 is 14.3 Å². The largest absolute Gasteiger partial charge is 0.496 e. The maximum atomic E-state index is 14.0. The summed E-state index contributed by atoms with van der Waals surface area (Å²) < 4.78 is 12.2. The second kappa shape index (κ2) is 10.7. The van der Waals surface area contributed by atoms with Gasteiger partial charge in [-0.15, -0.1) is 0 Å². The van der Waals surface area contributed by atoms with E-state index in [9.17, 15) is 4.79 Å². The highest BCUT2D eigenvalue weighted by Gasteiger charge is 2.25. The average Bonchev–Trinajstić information content (AvgIpc) is 3.33. The molecule has 0 saturated carbocycles. The third kappa shape index (κ3) is 5.17. The molecule has 1 saturated heterocycles. The van der Waals surface area contributed by atoms with Crippen molar-refractivity contribution in [1.29, 1.82) is 0 Å². The van der Waals surface area contributed by atoms with Crippen LogP contribution in [-0.2, 0) is 11.2 Å². The lowest BCUT2D eigenvalue weighted by Crippen LogP contribution is -2.39. The van der Waals surface area contributed by atoms with E-state index in [-0.39, 0.29) is 5.91 Å². The van der Waals surface area contributed by atoms with Crippen molar-refractivity contribution in [3.63, 3.8) is 0 Å².